The molecule has 0 bridgehead atoms. The van der Waals surface area contributed by atoms with Crippen molar-refractivity contribution in [3.05, 3.63) is 51.2 Å². The summed E-state index contributed by atoms with van der Waals surface area (Å²) in [5, 5.41) is 24.3. The number of rotatable bonds is 9. The van der Waals surface area contributed by atoms with Crippen molar-refractivity contribution in [3.63, 3.8) is 0 Å². The summed E-state index contributed by atoms with van der Waals surface area (Å²) in [6.07, 6.45) is 6.21. The molecule has 1 saturated carbocycles. The monoisotopic (exact) mass is 507 g/mol. The van der Waals surface area contributed by atoms with Crippen LogP contribution >= 0.6 is 11.6 Å². The van der Waals surface area contributed by atoms with E-state index in [0.717, 1.165) is 25.7 Å². The lowest BCUT2D eigenvalue weighted by atomic mass is 9.94. The van der Waals surface area contributed by atoms with Crippen LogP contribution in [0.2, 0.25) is 5.02 Å². The number of nitrogens with one attached hydrogen (secondary N) is 1. The van der Waals surface area contributed by atoms with E-state index in [1.807, 2.05) is 0 Å². The number of carbonyl (C=O) groups is 1. The highest BCUT2D eigenvalue weighted by atomic mass is 35.5. The molecule has 2 fully saturated rings. The molecule has 1 unspecified atom stereocenters. The van der Waals surface area contributed by atoms with Crippen LogP contribution in [0.4, 0.5) is 0 Å². The van der Waals surface area contributed by atoms with E-state index in [0.29, 0.717) is 37.4 Å². The molecule has 9 nitrogen and oxygen atoms in total. The molecule has 10 heteroatoms. The Labute approximate surface area is 209 Å². The largest absolute Gasteiger partial charge is 0.389 e. The fraction of sp³-hybridized carbons (Fsp3) is 0.600. The molecule has 1 aromatic heterocycles. The van der Waals surface area contributed by atoms with Crippen LogP contribution in [0.25, 0.3) is 5.69 Å². The third-order valence-corrected chi connectivity index (χ3v) is 7.12. The fourth-order valence-electron chi connectivity index (χ4n) is 4.56. The minimum atomic E-state index is -0.905. The van der Waals surface area contributed by atoms with E-state index >= 15 is 0 Å². The van der Waals surface area contributed by atoms with E-state index < -0.39 is 17.6 Å². The first-order chi connectivity index (χ1) is 16.8. The molecule has 1 aliphatic heterocycles. The van der Waals surface area contributed by atoms with Gasteiger partial charge in [-0.3, -0.25) is 13.9 Å². The molecule has 0 spiro atoms. The van der Waals surface area contributed by atoms with Gasteiger partial charge in [-0.05, 0) is 38.0 Å². The lowest BCUT2D eigenvalue weighted by Gasteiger charge is -2.27. The van der Waals surface area contributed by atoms with Gasteiger partial charge in [0.1, 0.15) is 6.10 Å². The SMILES string of the molecule is Cc1cn(-c2ccc(Cl)c(C(=O)NCC3(O)CCCCCC3)c2)c(=O)n1CC(O)COC1COC1. The number of nitrogens with zero attached hydrogens (tertiary/aromatic N) is 2. The van der Waals surface area contributed by atoms with Crippen molar-refractivity contribution in [2.45, 2.75) is 69.8 Å². The van der Waals surface area contributed by atoms with Gasteiger partial charge in [-0.25, -0.2) is 4.79 Å². The molecule has 1 aromatic carbocycles. The molecule has 1 amide bonds. The zero-order valence-corrected chi connectivity index (χ0v) is 20.8. The Morgan fingerprint density at radius 3 is 2.66 bits per heavy atom. The summed E-state index contributed by atoms with van der Waals surface area (Å²) in [6, 6.07) is 4.81. The molecule has 1 atom stereocenters. The van der Waals surface area contributed by atoms with E-state index in [4.69, 9.17) is 21.1 Å². The molecule has 1 aliphatic carbocycles. The smallest absolute Gasteiger partial charge is 0.333 e. The van der Waals surface area contributed by atoms with Gasteiger partial charge in [-0.15, -0.1) is 0 Å². The average molecular weight is 508 g/mol. The van der Waals surface area contributed by atoms with Crippen molar-refractivity contribution in [1.82, 2.24) is 14.5 Å². The van der Waals surface area contributed by atoms with E-state index in [9.17, 15) is 19.8 Å². The molecule has 4 rings (SSSR count). The Hall–Kier alpha value is -2.17. The number of halogens is 1. The molecule has 192 valence electrons. The summed E-state index contributed by atoms with van der Waals surface area (Å²) in [5.41, 5.74) is 0.136. The third-order valence-electron chi connectivity index (χ3n) is 6.79. The fourth-order valence-corrected chi connectivity index (χ4v) is 4.76. The van der Waals surface area contributed by atoms with Crippen LogP contribution in [-0.4, -0.2) is 69.4 Å². The van der Waals surface area contributed by atoms with Gasteiger partial charge in [0.25, 0.3) is 5.91 Å². The Balaban J connectivity index is 1.46. The van der Waals surface area contributed by atoms with Gasteiger partial charge in [0.2, 0.25) is 0 Å². The van der Waals surface area contributed by atoms with Crippen molar-refractivity contribution in [1.29, 1.82) is 0 Å². The van der Waals surface area contributed by atoms with Gasteiger partial charge in [-0.1, -0.05) is 37.3 Å². The topological polar surface area (TPSA) is 115 Å². The number of aryl methyl sites for hydroxylation is 1. The first kappa shape index (κ1) is 25.9. The van der Waals surface area contributed by atoms with Gasteiger partial charge in [0.15, 0.2) is 0 Å². The van der Waals surface area contributed by atoms with Crippen LogP contribution in [0.5, 0.6) is 0 Å². The molecule has 3 N–H and O–H groups in total. The second kappa shape index (κ2) is 11.3. The maximum absolute atomic E-state index is 13.1. The molecule has 2 heterocycles. The lowest BCUT2D eigenvalue weighted by molar-refractivity contribution is -0.144. The van der Waals surface area contributed by atoms with Gasteiger partial charge in [0.05, 0.1) is 54.3 Å². The van der Waals surface area contributed by atoms with Crippen molar-refractivity contribution < 1.29 is 24.5 Å². The molecule has 2 aliphatic rings. The number of aliphatic hydroxyl groups excluding tert-OH is 1. The zero-order chi connectivity index (χ0) is 25.0. The van der Waals surface area contributed by atoms with Gasteiger partial charge in [0, 0.05) is 18.4 Å². The number of carbonyl (C=O) groups excluding carboxylic acids is 1. The summed E-state index contributed by atoms with van der Waals surface area (Å²) in [7, 11) is 0. The third kappa shape index (κ3) is 6.34. The molecule has 35 heavy (non-hydrogen) atoms. The second-order valence-corrected chi connectivity index (χ2v) is 10.1. The van der Waals surface area contributed by atoms with E-state index in [1.165, 1.54) is 9.13 Å². The van der Waals surface area contributed by atoms with Crippen LogP contribution < -0.4 is 11.0 Å². The molecule has 0 radical (unpaired) electrons. The maximum atomic E-state index is 13.1. The Morgan fingerprint density at radius 1 is 1.29 bits per heavy atom. The van der Waals surface area contributed by atoms with Crippen molar-refractivity contribution in [2.24, 2.45) is 0 Å². The summed E-state index contributed by atoms with van der Waals surface area (Å²) in [4.78, 5) is 26.0. The molecular weight excluding hydrogens is 474 g/mol. The predicted octanol–water partition coefficient (Wildman–Crippen LogP) is 2.19. The quantitative estimate of drug-likeness (QED) is 0.448. The minimum absolute atomic E-state index is 0.00558. The number of amides is 1. The summed E-state index contributed by atoms with van der Waals surface area (Å²) >= 11 is 6.31. The van der Waals surface area contributed by atoms with Crippen LogP contribution in [0, 0.1) is 6.92 Å². The number of aromatic nitrogens is 2. The number of imidazole rings is 1. The minimum Gasteiger partial charge on any atom is -0.389 e. The van der Waals surface area contributed by atoms with E-state index in [2.05, 4.69) is 5.32 Å². The maximum Gasteiger partial charge on any atom is 0.333 e. The Kier molecular flexibility index (Phi) is 8.34. The van der Waals surface area contributed by atoms with Gasteiger partial charge < -0.3 is 25.0 Å². The van der Waals surface area contributed by atoms with Crippen LogP contribution in [0.15, 0.2) is 29.2 Å². The molecule has 1 saturated heterocycles. The van der Waals surface area contributed by atoms with Crippen LogP contribution in [-0.2, 0) is 16.0 Å². The van der Waals surface area contributed by atoms with Crippen LogP contribution in [0.3, 0.4) is 0 Å². The highest BCUT2D eigenvalue weighted by Gasteiger charge is 2.29. The number of hydrogen-bond donors (Lipinski definition) is 3. The Bertz CT molecular complexity index is 1090. The first-order valence-corrected chi connectivity index (χ1v) is 12.6. The number of hydrogen-bond acceptors (Lipinski definition) is 6. The Morgan fingerprint density at radius 2 is 2.00 bits per heavy atom. The van der Waals surface area contributed by atoms with Crippen LogP contribution in [0.1, 0.15) is 54.6 Å². The zero-order valence-electron chi connectivity index (χ0n) is 20.0. The highest BCUT2D eigenvalue weighted by molar-refractivity contribution is 6.33. The van der Waals surface area contributed by atoms with Gasteiger partial charge >= 0.3 is 5.69 Å². The molecular formula is C25H34ClN3O6. The molecule has 2 aromatic rings. The summed E-state index contributed by atoms with van der Waals surface area (Å²) in [5.74, 6) is -0.397. The number of aliphatic hydroxyl groups is 2. The predicted molar refractivity (Wildman–Crippen MR) is 131 cm³/mol. The van der Waals surface area contributed by atoms with E-state index in [1.54, 1.807) is 31.3 Å². The average Bonchev–Trinajstić information content (AvgIpc) is 2.95. The number of ether oxygens (including phenoxy) is 2. The summed E-state index contributed by atoms with van der Waals surface area (Å²) in [6.45, 7) is 3.19. The second-order valence-electron chi connectivity index (χ2n) is 9.67. The lowest BCUT2D eigenvalue weighted by Crippen LogP contribution is -2.42. The van der Waals surface area contributed by atoms with E-state index in [-0.39, 0.29) is 42.1 Å². The first-order valence-electron chi connectivity index (χ1n) is 12.2. The normalized spacial score (nSPS) is 19.1. The highest BCUT2D eigenvalue weighted by Crippen LogP contribution is 2.27. The van der Waals surface area contributed by atoms with Gasteiger partial charge in [-0.2, -0.15) is 0 Å². The van der Waals surface area contributed by atoms with Crippen molar-refractivity contribution in [2.75, 3.05) is 26.4 Å². The van der Waals surface area contributed by atoms with Crippen molar-refractivity contribution in [3.8, 4) is 5.69 Å². The number of benzene rings is 1. The summed E-state index contributed by atoms with van der Waals surface area (Å²) < 4.78 is 13.5. The van der Waals surface area contributed by atoms with Crippen molar-refractivity contribution >= 4 is 17.5 Å². The standard InChI is InChI=1S/C25H34ClN3O6/c1-17-11-29(24(32)28(17)12-19(30)13-35-20-14-34-15-20)18-6-7-22(26)21(10-18)23(31)27-16-25(33)8-4-2-3-5-9-25/h6-7,10-11,19-20,30,33H,2-5,8-9,12-16H2,1H3,(H,27,31).